The van der Waals surface area contributed by atoms with E-state index in [0.29, 0.717) is 0 Å². The van der Waals surface area contributed by atoms with Gasteiger partial charge < -0.3 is 16.2 Å². The van der Waals surface area contributed by atoms with E-state index in [1.165, 1.54) is 0 Å². The Morgan fingerprint density at radius 2 is 2.27 bits per heavy atom. The molecule has 5 nitrogen and oxygen atoms in total. The standard InChI is InChI=1S/C8H13N3.C2H4O2/c1-7(9)6-11-8-4-2-3-5-10-8;1-2(3)4/h2-5,7H,6,9H2,1H3,(H,10,11);1H3,(H,3,4). The molecule has 0 aromatic carbocycles. The van der Waals surface area contributed by atoms with Crippen molar-refractivity contribution in [2.24, 2.45) is 5.73 Å². The van der Waals surface area contributed by atoms with Crippen molar-refractivity contribution in [3.8, 4) is 0 Å². The van der Waals surface area contributed by atoms with Crippen molar-refractivity contribution in [3.63, 3.8) is 0 Å². The zero-order valence-corrected chi connectivity index (χ0v) is 8.97. The Hall–Kier alpha value is -1.62. The first-order valence-corrected chi connectivity index (χ1v) is 4.62. The first-order chi connectivity index (χ1) is 7.02. The third-order valence-electron chi connectivity index (χ3n) is 1.27. The van der Waals surface area contributed by atoms with E-state index in [1.807, 2.05) is 25.1 Å². The van der Waals surface area contributed by atoms with Gasteiger partial charge in [-0.3, -0.25) is 4.79 Å². The summed E-state index contributed by atoms with van der Waals surface area (Å²) in [5.74, 6) is 0.0461. The second-order valence-electron chi connectivity index (χ2n) is 3.09. The van der Waals surface area contributed by atoms with Crippen LogP contribution < -0.4 is 11.1 Å². The Kier molecular flexibility index (Phi) is 6.92. The molecule has 0 saturated heterocycles. The monoisotopic (exact) mass is 211 g/mol. The second kappa shape index (κ2) is 7.75. The van der Waals surface area contributed by atoms with Crippen LogP contribution in [0.25, 0.3) is 0 Å². The molecule has 1 rings (SSSR count). The van der Waals surface area contributed by atoms with Gasteiger partial charge >= 0.3 is 0 Å². The van der Waals surface area contributed by atoms with Crippen molar-refractivity contribution >= 4 is 11.8 Å². The summed E-state index contributed by atoms with van der Waals surface area (Å²) in [4.78, 5) is 13.1. The third kappa shape index (κ3) is 10.3. The number of anilines is 1. The van der Waals surface area contributed by atoms with Crippen molar-refractivity contribution in [2.45, 2.75) is 19.9 Å². The predicted molar refractivity (Wildman–Crippen MR) is 59.7 cm³/mol. The van der Waals surface area contributed by atoms with Crippen LogP contribution in [0.5, 0.6) is 0 Å². The summed E-state index contributed by atoms with van der Waals surface area (Å²) < 4.78 is 0. The van der Waals surface area contributed by atoms with Crippen LogP contribution in [0.2, 0.25) is 0 Å². The number of hydrogen-bond donors (Lipinski definition) is 3. The van der Waals surface area contributed by atoms with Crippen LogP contribution in [0.15, 0.2) is 24.4 Å². The first-order valence-electron chi connectivity index (χ1n) is 4.62. The molecular formula is C10H17N3O2. The zero-order valence-electron chi connectivity index (χ0n) is 8.97. The molecule has 84 valence electrons. The summed E-state index contributed by atoms with van der Waals surface area (Å²) in [6, 6.07) is 5.91. The van der Waals surface area contributed by atoms with E-state index in [1.54, 1.807) is 6.20 Å². The number of carboxylic acid groups (broad SMARTS) is 1. The van der Waals surface area contributed by atoms with Crippen molar-refractivity contribution in [2.75, 3.05) is 11.9 Å². The number of nitrogens with two attached hydrogens (primary N) is 1. The minimum Gasteiger partial charge on any atom is -0.481 e. The molecule has 1 heterocycles. The summed E-state index contributed by atoms with van der Waals surface area (Å²) in [7, 11) is 0. The number of pyridine rings is 1. The maximum Gasteiger partial charge on any atom is 0.300 e. The van der Waals surface area contributed by atoms with Crippen LogP contribution >= 0.6 is 0 Å². The molecule has 1 atom stereocenters. The SMILES string of the molecule is CC(=O)O.CC(N)CNc1ccccn1. The van der Waals surface area contributed by atoms with E-state index in [2.05, 4.69) is 10.3 Å². The molecule has 0 fully saturated rings. The largest absolute Gasteiger partial charge is 0.481 e. The Morgan fingerprint density at radius 1 is 1.67 bits per heavy atom. The number of aromatic nitrogens is 1. The quantitative estimate of drug-likeness (QED) is 0.692. The van der Waals surface area contributed by atoms with E-state index in [0.717, 1.165) is 19.3 Å². The average molecular weight is 211 g/mol. The molecule has 4 N–H and O–H groups in total. The predicted octanol–water partition coefficient (Wildman–Crippen LogP) is 0.932. The molecule has 15 heavy (non-hydrogen) atoms. The number of carbonyl (C=O) groups is 1. The Bertz CT molecular complexity index is 271. The number of rotatable bonds is 3. The van der Waals surface area contributed by atoms with Gasteiger partial charge in [0.2, 0.25) is 0 Å². The second-order valence-corrected chi connectivity index (χ2v) is 3.09. The van der Waals surface area contributed by atoms with Crippen LogP contribution in [-0.4, -0.2) is 28.6 Å². The highest BCUT2D eigenvalue weighted by Gasteiger charge is 1.93. The van der Waals surface area contributed by atoms with E-state index in [4.69, 9.17) is 15.6 Å². The summed E-state index contributed by atoms with van der Waals surface area (Å²) in [5, 5.41) is 10.5. The molecule has 0 aliphatic carbocycles. The Labute approximate surface area is 89.3 Å². The maximum atomic E-state index is 9.00. The van der Waals surface area contributed by atoms with E-state index >= 15 is 0 Å². The fraction of sp³-hybridized carbons (Fsp3) is 0.400. The Morgan fingerprint density at radius 3 is 2.67 bits per heavy atom. The van der Waals surface area contributed by atoms with Gasteiger partial charge in [0.25, 0.3) is 5.97 Å². The minimum absolute atomic E-state index is 0.164. The highest BCUT2D eigenvalue weighted by Crippen LogP contribution is 1.98. The van der Waals surface area contributed by atoms with Crippen molar-refractivity contribution in [1.82, 2.24) is 4.98 Å². The van der Waals surface area contributed by atoms with E-state index in [9.17, 15) is 0 Å². The minimum atomic E-state index is -0.833. The van der Waals surface area contributed by atoms with Crippen molar-refractivity contribution in [1.29, 1.82) is 0 Å². The van der Waals surface area contributed by atoms with Gasteiger partial charge in [-0.1, -0.05) is 6.07 Å². The summed E-state index contributed by atoms with van der Waals surface area (Å²) in [6.07, 6.45) is 1.75. The number of hydrogen-bond acceptors (Lipinski definition) is 4. The molecule has 0 saturated carbocycles. The molecule has 0 aliphatic heterocycles. The van der Waals surface area contributed by atoms with Crippen molar-refractivity contribution in [3.05, 3.63) is 24.4 Å². The molecule has 1 unspecified atom stereocenters. The van der Waals surface area contributed by atoms with Crippen LogP contribution in [0.1, 0.15) is 13.8 Å². The van der Waals surface area contributed by atoms with Crippen molar-refractivity contribution < 1.29 is 9.90 Å². The zero-order chi connectivity index (χ0) is 11.7. The first kappa shape index (κ1) is 13.4. The van der Waals surface area contributed by atoms with Crippen LogP contribution in [0.3, 0.4) is 0 Å². The normalized spacial score (nSPS) is 10.9. The molecule has 1 aromatic heterocycles. The van der Waals surface area contributed by atoms with Gasteiger partial charge in [0, 0.05) is 25.7 Å². The number of nitrogens with zero attached hydrogens (tertiary/aromatic N) is 1. The molecule has 0 radical (unpaired) electrons. The van der Waals surface area contributed by atoms with Crippen LogP contribution in [0, 0.1) is 0 Å². The van der Waals surface area contributed by atoms with Gasteiger partial charge in [-0.05, 0) is 19.1 Å². The highest BCUT2D eigenvalue weighted by molar-refractivity contribution is 5.62. The molecule has 0 aliphatic rings. The van der Waals surface area contributed by atoms with E-state index < -0.39 is 5.97 Å². The fourth-order valence-electron chi connectivity index (χ4n) is 0.733. The maximum absolute atomic E-state index is 9.00. The van der Waals surface area contributed by atoms with Gasteiger partial charge in [-0.25, -0.2) is 4.98 Å². The summed E-state index contributed by atoms with van der Waals surface area (Å²) in [5.41, 5.74) is 5.55. The number of carboxylic acids is 1. The average Bonchev–Trinajstić information content (AvgIpc) is 2.15. The van der Waals surface area contributed by atoms with Crippen LogP contribution in [-0.2, 0) is 4.79 Å². The third-order valence-corrected chi connectivity index (χ3v) is 1.27. The molecule has 1 aromatic rings. The smallest absolute Gasteiger partial charge is 0.300 e. The Balaban J connectivity index is 0.000000423. The van der Waals surface area contributed by atoms with Crippen LogP contribution in [0.4, 0.5) is 5.82 Å². The molecule has 5 heteroatoms. The van der Waals surface area contributed by atoms with Gasteiger partial charge in [-0.2, -0.15) is 0 Å². The molecule has 0 spiro atoms. The fourth-order valence-corrected chi connectivity index (χ4v) is 0.733. The van der Waals surface area contributed by atoms with Gasteiger partial charge in [0.1, 0.15) is 5.82 Å². The topological polar surface area (TPSA) is 88.2 Å². The summed E-state index contributed by atoms with van der Waals surface area (Å²) in [6.45, 7) is 3.80. The van der Waals surface area contributed by atoms with E-state index in [-0.39, 0.29) is 6.04 Å². The summed E-state index contributed by atoms with van der Waals surface area (Å²) >= 11 is 0. The highest BCUT2D eigenvalue weighted by atomic mass is 16.4. The lowest BCUT2D eigenvalue weighted by Crippen LogP contribution is -2.25. The lowest BCUT2D eigenvalue weighted by molar-refractivity contribution is -0.134. The molecular weight excluding hydrogens is 194 g/mol. The van der Waals surface area contributed by atoms with Gasteiger partial charge in [-0.15, -0.1) is 0 Å². The molecule has 0 amide bonds. The van der Waals surface area contributed by atoms with Gasteiger partial charge in [0.15, 0.2) is 0 Å². The number of aliphatic carboxylic acids is 1. The number of nitrogens with one attached hydrogen (secondary N) is 1. The molecule has 0 bridgehead atoms. The van der Waals surface area contributed by atoms with Gasteiger partial charge in [0.05, 0.1) is 0 Å². The lowest BCUT2D eigenvalue weighted by Gasteiger charge is -2.06. The lowest BCUT2D eigenvalue weighted by atomic mass is 10.3.